The molecule has 0 N–H and O–H groups in total. The molecule has 0 saturated carbocycles. The highest BCUT2D eigenvalue weighted by Gasteiger charge is 2.23. The van der Waals surface area contributed by atoms with Crippen LogP contribution in [0.15, 0.2) is 30.6 Å². The normalized spacial score (nSPS) is 16.6. The number of methoxy groups -OCH3 is 1. The molecule has 0 radical (unpaired) electrons. The molecule has 0 saturated heterocycles. The summed E-state index contributed by atoms with van der Waals surface area (Å²) in [5.41, 5.74) is 2.31. The van der Waals surface area contributed by atoms with Crippen molar-refractivity contribution < 1.29 is 9.47 Å². The van der Waals surface area contributed by atoms with Crippen molar-refractivity contribution >= 4 is 27.2 Å². The first-order valence-electron chi connectivity index (χ1n) is 9.12. The van der Waals surface area contributed by atoms with E-state index in [2.05, 4.69) is 17.0 Å². The van der Waals surface area contributed by atoms with Gasteiger partial charge in [-0.1, -0.05) is 6.92 Å². The zero-order valence-corrected chi connectivity index (χ0v) is 16.1. The zero-order valence-electron chi connectivity index (χ0n) is 15.3. The first-order valence-corrected chi connectivity index (χ1v) is 9.94. The fourth-order valence-corrected chi connectivity index (χ4v) is 5.01. The summed E-state index contributed by atoms with van der Waals surface area (Å²) in [6, 6.07) is 7.51. The van der Waals surface area contributed by atoms with Crippen molar-refractivity contribution in [3.8, 4) is 11.5 Å². The lowest BCUT2D eigenvalue weighted by molar-refractivity contribution is 0.295. The van der Waals surface area contributed by atoms with Crippen LogP contribution < -0.4 is 9.47 Å². The first kappa shape index (κ1) is 16.5. The van der Waals surface area contributed by atoms with Gasteiger partial charge in [-0.25, -0.2) is 14.5 Å². The van der Waals surface area contributed by atoms with Crippen LogP contribution >= 0.6 is 11.3 Å². The number of aryl methyl sites for hydroxylation is 1. The number of hydrogen-bond donors (Lipinski definition) is 0. The summed E-state index contributed by atoms with van der Waals surface area (Å²) in [5.74, 6) is 2.97. The van der Waals surface area contributed by atoms with Gasteiger partial charge in [-0.3, -0.25) is 0 Å². The van der Waals surface area contributed by atoms with Crippen LogP contribution in [-0.4, -0.2) is 26.7 Å². The highest BCUT2D eigenvalue weighted by Crippen LogP contribution is 2.38. The van der Waals surface area contributed by atoms with Gasteiger partial charge < -0.3 is 9.47 Å². The number of nitrogens with zero attached hydrogens (tertiary/aromatic N) is 4. The van der Waals surface area contributed by atoms with Crippen molar-refractivity contribution in [3.63, 3.8) is 0 Å². The van der Waals surface area contributed by atoms with E-state index in [0.717, 1.165) is 40.7 Å². The Hall–Kier alpha value is -2.67. The van der Waals surface area contributed by atoms with Gasteiger partial charge in [0.2, 0.25) is 0 Å². The maximum atomic E-state index is 5.83. The van der Waals surface area contributed by atoms with Gasteiger partial charge in [0.05, 0.1) is 12.5 Å². The van der Waals surface area contributed by atoms with Gasteiger partial charge >= 0.3 is 0 Å². The SMILES string of the molecule is COc1ccc(OCc2nc3c4c5c(sc4ncn3n2)C[C@H](C)CC5)cc1. The molecule has 1 aliphatic carbocycles. The molecule has 4 aromatic rings. The van der Waals surface area contributed by atoms with Gasteiger partial charge in [-0.15, -0.1) is 16.4 Å². The lowest BCUT2D eigenvalue weighted by Gasteiger charge is -2.17. The molecule has 1 aromatic carbocycles. The van der Waals surface area contributed by atoms with Gasteiger partial charge in [-0.05, 0) is 55.0 Å². The molecule has 0 aliphatic heterocycles. The minimum atomic E-state index is 0.318. The molecule has 1 atom stereocenters. The number of fused-ring (bicyclic) bond motifs is 5. The Bertz CT molecular complexity index is 1120. The lowest BCUT2D eigenvalue weighted by atomic mass is 9.89. The molecule has 0 unspecified atom stereocenters. The zero-order chi connectivity index (χ0) is 18.4. The average Bonchev–Trinajstić information content (AvgIpc) is 3.26. The topological polar surface area (TPSA) is 61.5 Å². The van der Waals surface area contributed by atoms with E-state index in [9.17, 15) is 0 Å². The van der Waals surface area contributed by atoms with Crippen molar-refractivity contribution in [3.05, 3.63) is 46.9 Å². The van der Waals surface area contributed by atoms with E-state index < -0.39 is 0 Å². The lowest BCUT2D eigenvalue weighted by Crippen LogP contribution is -2.08. The molecular formula is C20H20N4O2S. The molecular weight excluding hydrogens is 360 g/mol. The Morgan fingerprint density at radius 2 is 2.04 bits per heavy atom. The molecule has 3 aromatic heterocycles. The number of rotatable bonds is 4. The first-order chi connectivity index (χ1) is 13.2. The number of benzene rings is 1. The summed E-state index contributed by atoms with van der Waals surface area (Å²) in [6.07, 6.45) is 5.22. The van der Waals surface area contributed by atoms with Crippen LogP contribution in [0.1, 0.15) is 29.6 Å². The third-order valence-electron chi connectivity index (χ3n) is 5.10. The molecule has 5 rings (SSSR count). The van der Waals surface area contributed by atoms with E-state index in [1.807, 2.05) is 24.3 Å². The quantitative estimate of drug-likeness (QED) is 0.534. The molecule has 0 fully saturated rings. The summed E-state index contributed by atoms with van der Waals surface area (Å²) in [7, 11) is 1.65. The van der Waals surface area contributed by atoms with Crippen LogP contribution in [0.4, 0.5) is 0 Å². The monoisotopic (exact) mass is 380 g/mol. The largest absolute Gasteiger partial charge is 0.497 e. The summed E-state index contributed by atoms with van der Waals surface area (Å²) in [5, 5.41) is 5.73. The highest BCUT2D eigenvalue weighted by molar-refractivity contribution is 7.19. The van der Waals surface area contributed by atoms with E-state index in [4.69, 9.17) is 14.5 Å². The standard InChI is InChI=1S/C20H20N4O2S/c1-12-3-8-15-16(9-12)27-20-18(15)19-22-17(23-24(19)11-21-20)10-26-14-6-4-13(25-2)5-7-14/h4-7,11-12H,3,8-10H2,1-2H3/t12-/m1/s1. The van der Waals surface area contributed by atoms with E-state index in [-0.39, 0.29) is 0 Å². The van der Waals surface area contributed by atoms with Crippen molar-refractivity contribution in [1.29, 1.82) is 0 Å². The van der Waals surface area contributed by atoms with Crippen LogP contribution in [0, 0.1) is 5.92 Å². The second-order valence-corrected chi connectivity index (χ2v) is 8.12. The molecule has 7 heteroatoms. The fourth-order valence-electron chi connectivity index (χ4n) is 3.66. The molecule has 138 valence electrons. The maximum Gasteiger partial charge on any atom is 0.189 e. The number of aromatic nitrogens is 4. The third kappa shape index (κ3) is 2.92. The van der Waals surface area contributed by atoms with Crippen molar-refractivity contribution in [2.75, 3.05) is 7.11 Å². The average molecular weight is 380 g/mol. The van der Waals surface area contributed by atoms with Crippen LogP contribution in [-0.2, 0) is 19.4 Å². The molecule has 0 spiro atoms. The van der Waals surface area contributed by atoms with Crippen LogP contribution in [0.2, 0.25) is 0 Å². The van der Waals surface area contributed by atoms with Gasteiger partial charge in [0, 0.05) is 4.88 Å². The van der Waals surface area contributed by atoms with E-state index in [1.165, 1.54) is 22.2 Å². The number of hydrogen-bond acceptors (Lipinski definition) is 6. The molecule has 0 bridgehead atoms. The predicted octanol–water partition coefficient (Wildman–Crippen LogP) is 4.05. The summed E-state index contributed by atoms with van der Waals surface area (Å²) in [4.78, 5) is 11.9. The number of ether oxygens (including phenoxy) is 2. The van der Waals surface area contributed by atoms with Crippen LogP contribution in [0.25, 0.3) is 15.9 Å². The summed E-state index contributed by atoms with van der Waals surface area (Å²) in [6.45, 7) is 2.64. The smallest absolute Gasteiger partial charge is 0.189 e. The second-order valence-electron chi connectivity index (χ2n) is 7.04. The van der Waals surface area contributed by atoms with E-state index in [1.54, 1.807) is 29.3 Å². The van der Waals surface area contributed by atoms with Gasteiger partial charge in [-0.2, -0.15) is 0 Å². The summed E-state index contributed by atoms with van der Waals surface area (Å²) >= 11 is 1.81. The molecule has 3 heterocycles. The minimum Gasteiger partial charge on any atom is -0.497 e. The predicted molar refractivity (Wildman–Crippen MR) is 105 cm³/mol. The van der Waals surface area contributed by atoms with Crippen LogP contribution in [0.5, 0.6) is 11.5 Å². The van der Waals surface area contributed by atoms with Crippen molar-refractivity contribution in [2.24, 2.45) is 5.92 Å². The molecule has 0 amide bonds. The van der Waals surface area contributed by atoms with E-state index in [0.29, 0.717) is 12.4 Å². The Morgan fingerprint density at radius 1 is 1.22 bits per heavy atom. The fraction of sp³-hybridized carbons (Fsp3) is 0.350. The molecule has 1 aliphatic rings. The maximum absolute atomic E-state index is 5.83. The molecule has 27 heavy (non-hydrogen) atoms. The van der Waals surface area contributed by atoms with Crippen molar-refractivity contribution in [2.45, 2.75) is 32.8 Å². The Morgan fingerprint density at radius 3 is 2.85 bits per heavy atom. The van der Waals surface area contributed by atoms with Gasteiger partial charge in [0.1, 0.15) is 29.3 Å². The van der Waals surface area contributed by atoms with Gasteiger partial charge in [0.15, 0.2) is 11.5 Å². The van der Waals surface area contributed by atoms with Gasteiger partial charge in [0.25, 0.3) is 0 Å². The number of thiophene rings is 1. The Balaban J connectivity index is 1.46. The third-order valence-corrected chi connectivity index (χ3v) is 6.27. The molecule has 6 nitrogen and oxygen atoms in total. The Labute approximate surface area is 160 Å². The second kappa shape index (κ2) is 6.49. The van der Waals surface area contributed by atoms with Crippen LogP contribution in [0.3, 0.4) is 0 Å². The minimum absolute atomic E-state index is 0.318. The van der Waals surface area contributed by atoms with E-state index >= 15 is 0 Å². The van der Waals surface area contributed by atoms with Crippen molar-refractivity contribution in [1.82, 2.24) is 19.6 Å². The Kier molecular flexibility index (Phi) is 3.97. The highest BCUT2D eigenvalue weighted by atomic mass is 32.1. The summed E-state index contributed by atoms with van der Waals surface area (Å²) < 4.78 is 12.8.